The molecule has 2 aliphatic rings. The summed E-state index contributed by atoms with van der Waals surface area (Å²) in [5, 5.41) is 6.23. The predicted molar refractivity (Wildman–Crippen MR) is 36.2 cm³/mol. The normalized spacial score (nSPS) is 29.8. The smallest absolute Gasteiger partial charge is 0.206 e. The van der Waals surface area contributed by atoms with Crippen molar-refractivity contribution in [3.63, 3.8) is 0 Å². The zero-order valence-corrected chi connectivity index (χ0v) is 5.37. The van der Waals surface area contributed by atoms with Gasteiger partial charge in [-0.3, -0.25) is 0 Å². The van der Waals surface area contributed by atoms with E-state index in [1.54, 1.807) is 6.26 Å². The van der Waals surface area contributed by atoms with Crippen LogP contribution in [0.15, 0.2) is 24.7 Å². The number of hydrogen-bond acceptors (Lipinski definition) is 3. The molecule has 52 valence electrons. The second kappa shape index (κ2) is 2.25. The number of nitrogens with one attached hydrogen (secondary N) is 2. The topological polar surface area (TPSA) is 33.3 Å². The van der Waals surface area contributed by atoms with Crippen LogP contribution in [-0.4, -0.2) is 6.17 Å². The largest absolute Gasteiger partial charge is 0.486 e. The fourth-order valence-electron chi connectivity index (χ4n) is 1.02. The lowest BCUT2D eigenvalue weighted by molar-refractivity contribution is 0.303. The van der Waals surface area contributed by atoms with Crippen molar-refractivity contribution < 1.29 is 4.74 Å². The summed E-state index contributed by atoms with van der Waals surface area (Å²) in [6, 6.07) is 0. The van der Waals surface area contributed by atoms with Crippen LogP contribution in [0.1, 0.15) is 0 Å². The van der Waals surface area contributed by atoms with Gasteiger partial charge in [0, 0.05) is 12.4 Å². The van der Waals surface area contributed by atoms with E-state index in [1.807, 2.05) is 18.5 Å². The molecule has 1 unspecified atom stereocenters. The molecule has 1 atom stereocenters. The molecule has 0 amide bonds. The quantitative estimate of drug-likeness (QED) is 0.539. The molecule has 0 saturated carbocycles. The molecule has 0 spiro atoms. The molecule has 0 aromatic carbocycles. The highest BCUT2D eigenvalue weighted by Gasteiger charge is 2.23. The summed E-state index contributed by atoms with van der Waals surface area (Å²) in [7, 11) is 0. The van der Waals surface area contributed by atoms with E-state index < -0.39 is 0 Å². The minimum absolute atomic E-state index is 0.218. The molecule has 3 nitrogen and oxygen atoms in total. The summed E-state index contributed by atoms with van der Waals surface area (Å²) in [4.78, 5) is 0. The first-order valence-electron chi connectivity index (χ1n) is 3.22. The average Bonchev–Trinajstić information content (AvgIpc) is 2.59. The first-order valence-corrected chi connectivity index (χ1v) is 3.22. The maximum Gasteiger partial charge on any atom is 0.206 e. The Hall–Kier alpha value is -1.12. The summed E-state index contributed by atoms with van der Waals surface area (Å²) in [5.74, 6) is 0.218. The molecule has 2 aliphatic heterocycles. The third-order valence-electron chi connectivity index (χ3n) is 1.55. The Morgan fingerprint density at radius 1 is 1.30 bits per heavy atom. The number of ether oxygens (including phenoxy) is 1. The number of rotatable bonds is 1. The lowest BCUT2D eigenvalue weighted by atomic mass is 10.1. The summed E-state index contributed by atoms with van der Waals surface area (Å²) < 4.78 is 4.83. The second-order valence-electron chi connectivity index (χ2n) is 2.23. The Kier molecular flexibility index (Phi) is 1.27. The van der Waals surface area contributed by atoms with Crippen LogP contribution >= 0.6 is 0 Å². The molecular formula is C7H8N2O. The molecule has 3 heteroatoms. The van der Waals surface area contributed by atoms with E-state index in [0.29, 0.717) is 0 Å². The highest BCUT2D eigenvalue weighted by atomic mass is 16.5. The van der Waals surface area contributed by atoms with E-state index in [9.17, 15) is 0 Å². The van der Waals surface area contributed by atoms with Crippen molar-refractivity contribution in [3.8, 4) is 0 Å². The summed E-state index contributed by atoms with van der Waals surface area (Å²) in [6.07, 6.45) is 7.57. The van der Waals surface area contributed by atoms with Crippen molar-refractivity contribution in [2.24, 2.45) is 5.92 Å². The van der Waals surface area contributed by atoms with Crippen LogP contribution in [0.4, 0.5) is 0 Å². The Balaban J connectivity index is 1.93. The Bertz CT molecular complexity index is 168. The minimum atomic E-state index is 0.218. The predicted octanol–water partition coefficient (Wildman–Crippen LogP) is 0.175. The fourth-order valence-corrected chi connectivity index (χ4v) is 1.02. The van der Waals surface area contributed by atoms with Gasteiger partial charge >= 0.3 is 0 Å². The first kappa shape index (κ1) is 5.65. The highest BCUT2D eigenvalue weighted by molar-refractivity contribution is 5.05. The number of hydrogen-bond donors (Lipinski definition) is 2. The van der Waals surface area contributed by atoms with Crippen LogP contribution < -0.4 is 10.6 Å². The first-order chi connectivity index (χ1) is 4.97. The minimum Gasteiger partial charge on any atom is -0.486 e. The summed E-state index contributed by atoms with van der Waals surface area (Å²) in [6.45, 7) is 2.82. The Morgan fingerprint density at radius 3 is 2.70 bits per heavy atom. The van der Waals surface area contributed by atoms with Gasteiger partial charge in [0.25, 0.3) is 0 Å². The maximum atomic E-state index is 4.83. The van der Waals surface area contributed by atoms with Crippen LogP contribution in [0, 0.1) is 12.5 Å². The van der Waals surface area contributed by atoms with E-state index in [4.69, 9.17) is 4.74 Å². The fraction of sp³-hybridized carbons (Fsp3) is 0.286. The van der Waals surface area contributed by atoms with Gasteiger partial charge in [0.1, 0.15) is 6.17 Å². The third-order valence-corrected chi connectivity index (χ3v) is 1.55. The Labute approximate surface area is 59.8 Å². The van der Waals surface area contributed by atoms with Gasteiger partial charge in [0.15, 0.2) is 0 Å². The van der Waals surface area contributed by atoms with E-state index in [1.165, 1.54) is 0 Å². The molecule has 2 radical (unpaired) electrons. The van der Waals surface area contributed by atoms with Gasteiger partial charge in [0.05, 0.1) is 12.2 Å². The van der Waals surface area contributed by atoms with Crippen molar-refractivity contribution in [1.82, 2.24) is 10.6 Å². The molecule has 0 bridgehead atoms. The van der Waals surface area contributed by atoms with E-state index in [2.05, 4.69) is 17.2 Å². The van der Waals surface area contributed by atoms with Crippen molar-refractivity contribution in [3.05, 3.63) is 31.3 Å². The SMILES string of the molecule is [C]1OC=CC1C1NC=CN1. The summed E-state index contributed by atoms with van der Waals surface area (Å²) in [5.41, 5.74) is 0. The van der Waals surface area contributed by atoms with Gasteiger partial charge in [-0.25, -0.2) is 0 Å². The molecule has 2 N–H and O–H groups in total. The van der Waals surface area contributed by atoms with E-state index in [0.717, 1.165) is 0 Å². The molecule has 0 saturated heterocycles. The lowest BCUT2D eigenvalue weighted by Crippen LogP contribution is -2.37. The average molecular weight is 136 g/mol. The van der Waals surface area contributed by atoms with Crippen molar-refractivity contribution in [2.75, 3.05) is 0 Å². The monoisotopic (exact) mass is 136 g/mol. The zero-order valence-electron chi connectivity index (χ0n) is 5.37. The molecular weight excluding hydrogens is 128 g/mol. The van der Waals surface area contributed by atoms with Crippen LogP contribution in [-0.2, 0) is 4.74 Å². The van der Waals surface area contributed by atoms with Crippen LogP contribution in [0.2, 0.25) is 0 Å². The van der Waals surface area contributed by atoms with Gasteiger partial charge in [-0.05, 0) is 6.08 Å². The molecule has 0 aromatic rings. The van der Waals surface area contributed by atoms with Crippen LogP contribution in [0.25, 0.3) is 0 Å². The molecule has 10 heavy (non-hydrogen) atoms. The standard InChI is InChI=1S/C7H8N2O/c1-4-10-5-6(1)7-8-2-3-9-7/h1-4,6-9H. The maximum absolute atomic E-state index is 4.83. The van der Waals surface area contributed by atoms with Gasteiger partial charge in [-0.15, -0.1) is 0 Å². The van der Waals surface area contributed by atoms with E-state index in [-0.39, 0.29) is 12.1 Å². The summed E-state index contributed by atoms with van der Waals surface area (Å²) >= 11 is 0. The molecule has 2 heterocycles. The van der Waals surface area contributed by atoms with Gasteiger partial charge < -0.3 is 15.4 Å². The van der Waals surface area contributed by atoms with E-state index >= 15 is 0 Å². The lowest BCUT2D eigenvalue weighted by Gasteiger charge is -2.15. The third kappa shape index (κ3) is 0.835. The molecule has 2 rings (SSSR count). The van der Waals surface area contributed by atoms with Crippen LogP contribution in [0.3, 0.4) is 0 Å². The van der Waals surface area contributed by atoms with Crippen molar-refractivity contribution in [1.29, 1.82) is 0 Å². The van der Waals surface area contributed by atoms with Gasteiger partial charge in [0.2, 0.25) is 6.61 Å². The zero-order chi connectivity index (χ0) is 6.81. The van der Waals surface area contributed by atoms with Crippen molar-refractivity contribution in [2.45, 2.75) is 6.17 Å². The van der Waals surface area contributed by atoms with Crippen molar-refractivity contribution >= 4 is 0 Å². The molecule has 0 aliphatic carbocycles. The van der Waals surface area contributed by atoms with Crippen LogP contribution in [0.5, 0.6) is 0 Å². The van der Waals surface area contributed by atoms with Gasteiger partial charge in [-0.2, -0.15) is 0 Å². The second-order valence-corrected chi connectivity index (χ2v) is 2.23. The molecule has 0 fully saturated rings. The molecule has 0 aromatic heterocycles. The highest BCUT2D eigenvalue weighted by Crippen LogP contribution is 2.16. The van der Waals surface area contributed by atoms with Gasteiger partial charge in [-0.1, -0.05) is 0 Å². The Morgan fingerprint density at radius 2 is 2.10 bits per heavy atom.